The molecule has 9 nitrogen and oxygen atoms in total. The van der Waals surface area contributed by atoms with Crippen LogP contribution in [0.15, 0.2) is 48.5 Å². The first-order valence-corrected chi connectivity index (χ1v) is 12.2. The molecular weight excluding hydrogens is 430 g/mol. The van der Waals surface area contributed by atoms with Crippen LogP contribution in [0.4, 0.5) is 0 Å². The first-order valence-electron chi connectivity index (χ1n) is 10.3. The number of rotatable bonds is 5. The predicted molar refractivity (Wildman–Crippen MR) is 118 cm³/mol. The standard InChI is InChI=1S/C22H25N5O4S/c1-32(29,30)27-11-9-26(10-12-27)22(28)18-4-2-3-17(13-18)21-20(15-24-25-21)31-19-7-5-16(14-23)6-8-19/h2-8,13,20-21,24-25H,9-12,15H2,1H3. The van der Waals surface area contributed by atoms with Crippen LogP contribution in [0.3, 0.4) is 0 Å². The molecule has 10 heteroatoms. The molecule has 2 aromatic rings. The summed E-state index contributed by atoms with van der Waals surface area (Å²) in [4.78, 5) is 14.7. The number of nitriles is 1. The number of nitrogens with one attached hydrogen (secondary N) is 2. The highest BCUT2D eigenvalue weighted by Gasteiger charge is 2.31. The summed E-state index contributed by atoms with van der Waals surface area (Å²) < 4.78 is 30.9. The van der Waals surface area contributed by atoms with E-state index in [0.717, 1.165) is 5.56 Å². The fraction of sp³-hybridized carbons (Fsp3) is 0.364. The molecule has 168 valence electrons. The summed E-state index contributed by atoms with van der Waals surface area (Å²) in [6.45, 7) is 1.92. The van der Waals surface area contributed by atoms with Gasteiger partial charge >= 0.3 is 0 Å². The Bertz CT molecular complexity index is 1120. The van der Waals surface area contributed by atoms with Crippen molar-refractivity contribution in [2.45, 2.75) is 12.1 Å². The molecule has 0 saturated carbocycles. The normalized spacial score (nSPS) is 21.8. The first-order chi connectivity index (χ1) is 15.3. The Morgan fingerprint density at radius 3 is 2.50 bits per heavy atom. The van der Waals surface area contributed by atoms with Gasteiger partial charge in [-0.3, -0.25) is 10.2 Å². The summed E-state index contributed by atoms with van der Waals surface area (Å²) in [6, 6.07) is 16.3. The van der Waals surface area contributed by atoms with Crippen LogP contribution in [-0.4, -0.2) is 68.6 Å². The SMILES string of the molecule is CS(=O)(=O)N1CCN(C(=O)c2cccc(C3NNCC3Oc3ccc(C#N)cc3)c2)CC1. The molecule has 32 heavy (non-hydrogen) atoms. The van der Waals surface area contributed by atoms with Crippen LogP contribution in [0.25, 0.3) is 0 Å². The van der Waals surface area contributed by atoms with Gasteiger partial charge in [-0.25, -0.2) is 13.8 Å². The van der Waals surface area contributed by atoms with E-state index in [-0.39, 0.29) is 18.1 Å². The van der Waals surface area contributed by atoms with Gasteiger partial charge in [0.1, 0.15) is 11.9 Å². The van der Waals surface area contributed by atoms with E-state index in [1.54, 1.807) is 35.2 Å². The fourth-order valence-electron chi connectivity index (χ4n) is 3.94. The Hall–Kier alpha value is -2.97. The van der Waals surface area contributed by atoms with E-state index in [1.807, 2.05) is 18.2 Å². The highest BCUT2D eigenvalue weighted by Crippen LogP contribution is 2.26. The summed E-state index contributed by atoms with van der Waals surface area (Å²) in [6.07, 6.45) is 0.985. The van der Waals surface area contributed by atoms with Gasteiger partial charge in [-0.2, -0.15) is 9.57 Å². The smallest absolute Gasteiger partial charge is 0.253 e. The van der Waals surface area contributed by atoms with E-state index in [0.29, 0.717) is 49.6 Å². The van der Waals surface area contributed by atoms with Crippen molar-refractivity contribution in [1.29, 1.82) is 5.26 Å². The van der Waals surface area contributed by atoms with Gasteiger partial charge in [0.15, 0.2) is 0 Å². The second-order valence-electron chi connectivity index (χ2n) is 7.88. The minimum absolute atomic E-state index is 0.115. The van der Waals surface area contributed by atoms with Crippen molar-refractivity contribution >= 4 is 15.9 Å². The molecular formula is C22H25N5O4S. The molecule has 2 aliphatic rings. The van der Waals surface area contributed by atoms with Crippen molar-refractivity contribution in [3.05, 3.63) is 65.2 Å². The maximum Gasteiger partial charge on any atom is 0.253 e. The van der Waals surface area contributed by atoms with Crippen LogP contribution in [0.1, 0.15) is 27.5 Å². The van der Waals surface area contributed by atoms with Crippen molar-refractivity contribution in [1.82, 2.24) is 20.1 Å². The third-order valence-corrected chi connectivity index (χ3v) is 6.99. The zero-order valence-corrected chi connectivity index (χ0v) is 18.5. The summed E-state index contributed by atoms with van der Waals surface area (Å²) in [5.41, 5.74) is 8.36. The average Bonchev–Trinajstić information content (AvgIpc) is 3.27. The Labute approximate surface area is 187 Å². The quantitative estimate of drug-likeness (QED) is 0.688. The van der Waals surface area contributed by atoms with Gasteiger partial charge in [0, 0.05) is 38.3 Å². The first kappa shape index (κ1) is 22.2. The number of hydrazine groups is 1. The van der Waals surface area contributed by atoms with E-state index in [2.05, 4.69) is 16.9 Å². The molecule has 0 radical (unpaired) electrons. The lowest BCUT2D eigenvalue weighted by Crippen LogP contribution is -2.50. The number of sulfonamides is 1. The van der Waals surface area contributed by atoms with Crippen LogP contribution >= 0.6 is 0 Å². The van der Waals surface area contributed by atoms with E-state index in [9.17, 15) is 13.2 Å². The number of piperazine rings is 1. The van der Waals surface area contributed by atoms with E-state index in [4.69, 9.17) is 10.00 Å². The lowest BCUT2D eigenvalue weighted by molar-refractivity contribution is 0.0698. The number of benzene rings is 2. The lowest BCUT2D eigenvalue weighted by Gasteiger charge is -2.33. The second-order valence-corrected chi connectivity index (χ2v) is 9.86. The predicted octanol–water partition coefficient (Wildman–Crippen LogP) is 0.872. The van der Waals surface area contributed by atoms with Crippen LogP contribution in [-0.2, 0) is 10.0 Å². The average molecular weight is 456 g/mol. The third-order valence-electron chi connectivity index (χ3n) is 5.69. The Morgan fingerprint density at radius 2 is 1.84 bits per heavy atom. The molecule has 0 spiro atoms. The Morgan fingerprint density at radius 1 is 1.12 bits per heavy atom. The minimum Gasteiger partial charge on any atom is -0.487 e. The Balaban J connectivity index is 1.45. The second kappa shape index (κ2) is 9.26. The monoisotopic (exact) mass is 455 g/mol. The van der Waals surface area contributed by atoms with Gasteiger partial charge < -0.3 is 9.64 Å². The molecule has 0 bridgehead atoms. The third kappa shape index (κ3) is 4.92. The molecule has 4 rings (SSSR count). The number of hydrogen-bond donors (Lipinski definition) is 2. The highest BCUT2D eigenvalue weighted by atomic mass is 32.2. The van der Waals surface area contributed by atoms with E-state index < -0.39 is 10.0 Å². The molecule has 0 aromatic heterocycles. The number of ether oxygens (including phenoxy) is 1. The van der Waals surface area contributed by atoms with Crippen molar-refractivity contribution in [3.63, 3.8) is 0 Å². The van der Waals surface area contributed by atoms with Crippen LogP contribution in [0, 0.1) is 11.3 Å². The molecule has 2 heterocycles. The van der Waals surface area contributed by atoms with Crippen molar-refractivity contribution in [2.75, 3.05) is 39.0 Å². The largest absolute Gasteiger partial charge is 0.487 e. The topological polar surface area (TPSA) is 115 Å². The maximum absolute atomic E-state index is 13.0. The van der Waals surface area contributed by atoms with Crippen LogP contribution < -0.4 is 15.6 Å². The summed E-state index contributed by atoms with van der Waals surface area (Å²) in [5, 5.41) is 8.95. The van der Waals surface area contributed by atoms with Gasteiger partial charge in [0.25, 0.3) is 5.91 Å². The fourth-order valence-corrected chi connectivity index (χ4v) is 4.77. The zero-order valence-electron chi connectivity index (χ0n) is 17.7. The zero-order chi connectivity index (χ0) is 22.7. The van der Waals surface area contributed by atoms with Crippen molar-refractivity contribution < 1.29 is 17.9 Å². The number of hydrogen-bond acceptors (Lipinski definition) is 7. The molecule has 2 aromatic carbocycles. The van der Waals surface area contributed by atoms with Gasteiger partial charge in [0.2, 0.25) is 10.0 Å². The summed E-state index contributed by atoms with van der Waals surface area (Å²) >= 11 is 0. The summed E-state index contributed by atoms with van der Waals surface area (Å²) in [5.74, 6) is 0.552. The van der Waals surface area contributed by atoms with Crippen LogP contribution in [0.2, 0.25) is 0 Å². The summed E-state index contributed by atoms with van der Waals surface area (Å²) in [7, 11) is -3.24. The van der Waals surface area contributed by atoms with Gasteiger partial charge in [-0.1, -0.05) is 12.1 Å². The molecule has 2 unspecified atom stereocenters. The number of carbonyl (C=O) groups excluding carboxylic acids is 1. The van der Waals surface area contributed by atoms with E-state index in [1.165, 1.54) is 10.6 Å². The van der Waals surface area contributed by atoms with E-state index >= 15 is 0 Å². The minimum atomic E-state index is -3.24. The number of nitrogens with zero attached hydrogens (tertiary/aromatic N) is 3. The van der Waals surface area contributed by atoms with Crippen molar-refractivity contribution in [2.24, 2.45) is 0 Å². The maximum atomic E-state index is 13.0. The van der Waals surface area contributed by atoms with Gasteiger partial charge in [-0.15, -0.1) is 0 Å². The highest BCUT2D eigenvalue weighted by molar-refractivity contribution is 7.88. The molecule has 1 amide bonds. The van der Waals surface area contributed by atoms with Crippen LogP contribution in [0.5, 0.6) is 5.75 Å². The van der Waals surface area contributed by atoms with Crippen molar-refractivity contribution in [3.8, 4) is 11.8 Å². The molecule has 2 fully saturated rings. The molecule has 2 saturated heterocycles. The number of carbonyl (C=O) groups is 1. The molecule has 2 atom stereocenters. The molecule has 0 aliphatic carbocycles. The number of amides is 1. The molecule has 2 aliphatic heterocycles. The van der Waals surface area contributed by atoms with Gasteiger partial charge in [-0.05, 0) is 42.0 Å². The van der Waals surface area contributed by atoms with Gasteiger partial charge in [0.05, 0.1) is 23.9 Å². The molecule has 2 N–H and O–H groups in total. The Kier molecular flexibility index (Phi) is 6.43. The lowest BCUT2D eigenvalue weighted by atomic mass is 10.00.